The molecule has 0 unspecified atom stereocenters. The van der Waals surface area contributed by atoms with Crippen molar-refractivity contribution in [1.82, 2.24) is 10.2 Å². The minimum Gasteiger partial charge on any atom is -0.351 e. The van der Waals surface area contributed by atoms with E-state index in [0.29, 0.717) is 24.3 Å². The second kappa shape index (κ2) is 9.92. The van der Waals surface area contributed by atoms with Gasteiger partial charge in [-0.3, -0.25) is 9.59 Å². The van der Waals surface area contributed by atoms with Crippen LogP contribution in [0.5, 0.6) is 0 Å². The molecule has 0 radical (unpaired) electrons. The number of nitrogens with zero attached hydrogens (tertiary/aromatic N) is 1. The number of likely N-dealkylation sites (N-methyl/N-ethyl adjacent to an activating group) is 1. The van der Waals surface area contributed by atoms with Crippen LogP contribution in [0.15, 0.2) is 24.3 Å². The molecule has 0 aliphatic carbocycles. The summed E-state index contributed by atoms with van der Waals surface area (Å²) < 4.78 is 0. The molecule has 1 aromatic rings. The van der Waals surface area contributed by atoms with Crippen molar-refractivity contribution in [2.45, 2.75) is 20.3 Å². The molecule has 122 valence electrons. The average Bonchev–Trinajstić information content (AvgIpc) is 2.52. The molecule has 0 aliphatic rings. The number of anilines is 1. The van der Waals surface area contributed by atoms with Gasteiger partial charge < -0.3 is 21.3 Å². The lowest BCUT2D eigenvalue weighted by molar-refractivity contribution is -0.116. The summed E-state index contributed by atoms with van der Waals surface area (Å²) in [6.45, 7) is 7.86. The number of nitrogens with two attached hydrogens (primary N) is 1. The van der Waals surface area contributed by atoms with Crippen LogP contribution in [0.4, 0.5) is 5.69 Å². The Morgan fingerprint density at radius 3 is 2.59 bits per heavy atom. The highest BCUT2D eigenvalue weighted by Crippen LogP contribution is 2.10. The van der Waals surface area contributed by atoms with Crippen LogP contribution in [0.2, 0.25) is 0 Å². The van der Waals surface area contributed by atoms with Gasteiger partial charge in [0, 0.05) is 37.3 Å². The van der Waals surface area contributed by atoms with Crippen molar-refractivity contribution >= 4 is 17.5 Å². The minimum absolute atomic E-state index is 0.137. The Hall–Kier alpha value is -1.92. The monoisotopic (exact) mass is 306 g/mol. The van der Waals surface area contributed by atoms with Gasteiger partial charge in [0.1, 0.15) is 0 Å². The number of rotatable bonds is 9. The van der Waals surface area contributed by atoms with Crippen LogP contribution in [-0.4, -0.2) is 49.4 Å². The van der Waals surface area contributed by atoms with Gasteiger partial charge in [-0.2, -0.15) is 0 Å². The lowest BCUT2D eigenvalue weighted by Gasteiger charge is -2.18. The second-order valence-electron chi connectivity index (χ2n) is 4.95. The molecule has 4 N–H and O–H groups in total. The molecular formula is C16H26N4O2. The lowest BCUT2D eigenvalue weighted by atomic mass is 10.2. The molecule has 0 atom stereocenters. The van der Waals surface area contributed by atoms with Gasteiger partial charge in [-0.1, -0.05) is 19.9 Å². The van der Waals surface area contributed by atoms with Gasteiger partial charge in [0.05, 0.1) is 0 Å². The Balaban J connectivity index is 2.53. The first kappa shape index (κ1) is 18.1. The van der Waals surface area contributed by atoms with Crippen LogP contribution in [0.3, 0.4) is 0 Å². The van der Waals surface area contributed by atoms with E-state index < -0.39 is 0 Å². The minimum atomic E-state index is -0.151. The van der Waals surface area contributed by atoms with Crippen molar-refractivity contribution in [3.63, 3.8) is 0 Å². The number of carbonyl (C=O) groups is 2. The van der Waals surface area contributed by atoms with E-state index in [2.05, 4.69) is 29.4 Å². The van der Waals surface area contributed by atoms with Crippen LogP contribution in [0.25, 0.3) is 0 Å². The average molecular weight is 306 g/mol. The summed E-state index contributed by atoms with van der Waals surface area (Å²) in [6, 6.07) is 6.89. The number of benzene rings is 1. The molecule has 1 rings (SSSR count). The van der Waals surface area contributed by atoms with Gasteiger partial charge in [-0.05, 0) is 31.3 Å². The first-order valence-corrected chi connectivity index (χ1v) is 7.71. The fraction of sp³-hybridized carbons (Fsp3) is 0.500. The Morgan fingerprint density at radius 1 is 1.23 bits per heavy atom. The topological polar surface area (TPSA) is 87.5 Å². The molecule has 0 bridgehead atoms. The van der Waals surface area contributed by atoms with Gasteiger partial charge in [0.2, 0.25) is 5.91 Å². The highest BCUT2D eigenvalue weighted by Gasteiger charge is 2.08. The summed E-state index contributed by atoms with van der Waals surface area (Å²) in [7, 11) is 0. The molecule has 0 fully saturated rings. The maximum Gasteiger partial charge on any atom is 0.251 e. The van der Waals surface area contributed by atoms with Crippen LogP contribution < -0.4 is 16.4 Å². The maximum atomic E-state index is 12.1. The summed E-state index contributed by atoms with van der Waals surface area (Å²) in [6.07, 6.45) is 0.264. The predicted molar refractivity (Wildman–Crippen MR) is 88.9 cm³/mol. The highest BCUT2D eigenvalue weighted by atomic mass is 16.2. The van der Waals surface area contributed by atoms with Gasteiger partial charge in [0.25, 0.3) is 5.91 Å². The maximum absolute atomic E-state index is 12.1. The van der Waals surface area contributed by atoms with Crippen molar-refractivity contribution in [3.05, 3.63) is 29.8 Å². The molecule has 6 nitrogen and oxygen atoms in total. The fourth-order valence-corrected chi connectivity index (χ4v) is 2.06. The Morgan fingerprint density at radius 2 is 1.95 bits per heavy atom. The van der Waals surface area contributed by atoms with E-state index in [-0.39, 0.29) is 18.2 Å². The summed E-state index contributed by atoms with van der Waals surface area (Å²) in [5.41, 5.74) is 6.47. The predicted octanol–water partition coefficient (Wildman–Crippen LogP) is 1.05. The quantitative estimate of drug-likeness (QED) is 0.636. The largest absolute Gasteiger partial charge is 0.351 e. The summed E-state index contributed by atoms with van der Waals surface area (Å²) in [4.78, 5) is 25.9. The molecule has 0 saturated heterocycles. The van der Waals surface area contributed by atoms with Crippen LogP contribution in [0.1, 0.15) is 30.6 Å². The summed E-state index contributed by atoms with van der Waals surface area (Å²) in [5.74, 6) is -0.288. The van der Waals surface area contributed by atoms with Gasteiger partial charge in [-0.15, -0.1) is 0 Å². The third-order valence-electron chi connectivity index (χ3n) is 3.39. The molecule has 0 saturated carbocycles. The number of carbonyl (C=O) groups excluding carboxylic acids is 2. The van der Waals surface area contributed by atoms with Crippen LogP contribution in [0, 0.1) is 0 Å². The van der Waals surface area contributed by atoms with E-state index >= 15 is 0 Å². The third-order valence-corrected chi connectivity index (χ3v) is 3.39. The Labute approximate surface area is 132 Å². The van der Waals surface area contributed by atoms with Crippen molar-refractivity contribution < 1.29 is 9.59 Å². The van der Waals surface area contributed by atoms with E-state index in [1.54, 1.807) is 24.3 Å². The van der Waals surface area contributed by atoms with E-state index in [9.17, 15) is 9.59 Å². The summed E-state index contributed by atoms with van der Waals surface area (Å²) >= 11 is 0. The number of nitrogens with one attached hydrogen (secondary N) is 2. The van der Waals surface area contributed by atoms with Gasteiger partial charge in [0.15, 0.2) is 0 Å². The zero-order chi connectivity index (χ0) is 16.4. The van der Waals surface area contributed by atoms with Crippen molar-refractivity contribution in [3.8, 4) is 0 Å². The van der Waals surface area contributed by atoms with E-state index in [4.69, 9.17) is 5.73 Å². The second-order valence-corrected chi connectivity index (χ2v) is 4.95. The number of hydrogen-bond acceptors (Lipinski definition) is 4. The molecule has 6 heteroatoms. The fourth-order valence-electron chi connectivity index (χ4n) is 2.06. The van der Waals surface area contributed by atoms with Crippen molar-refractivity contribution in [2.24, 2.45) is 5.73 Å². The zero-order valence-electron chi connectivity index (χ0n) is 13.4. The van der Waals surface area contributed by atoms with Crippen LogP contribution >= 0.6 is 0 Å². The molecule has 22 heavy (non-hydrogen) atoms. The SMILES string of the molecule is CCN(CC)CCNC(=O)c1cccc(NC(=O)CCN)c1. The molecular weight excluding hydrogens is 280 g/mol. The Bertz CT molecular complexity index is 487. The molecule has 0 aromatic heterocycles. The lowest BCUT2D eigenvalue weighted by Crippen LogP contribution is -2.34. The Kier molecular flexibility index (Phi) is 8.17. The summed E-state index contributed by atoms with van der Waals surface area (Å²) in [5, 5.41) is 5.61. The third kappa shape index (κ3) is 6.24. The van der Waals surface area contributed by atoms with Gasteiger partial charge >= 0.3 is 0 Å². The van der Waals surface area contributed by atoms with Crippen molar-refractivity contribution in [1.29, 1.82) is 0 Å². The smallest absolute Gasteiger partial charge is 0.251 e. The molecule has 0 spiro atoms. The van der Waals surface area contributed by atoms with E-state index in [1.165, 1.54) is 0 Å². The van der Waals surface area contributed by atoms with E-state index in [1.807, 2.05) is 0 Å². The molecule has 1 aromatic carbocycles. The zero-order valence-corrected chi connectivity index (χ0v) is 13.4. The standard InChI is InChI=1S/C16H26N4O2/c1-3-20(4-2)11-10-18-16(22)13-6-5-7-14(12-13)19-15(21)8-9-17/h5-7,12H,3-4,8-11,17H2,1-2H3,(H,18,22)(H,19,21). The number of hydrogen-bond donors (Lipinski definition) is 3. The molecule has 0 heterocycles. The molecule has 0 aliphatic heterocycles. The normalized spacial score (nSPS) is 10.5. The highest BCUT2D eigenvalue weighted by molar-refractivity contribution is 5.97. The van der Waals surface area contributed by atoms with Crippen LogP contribution in [-0.2, 0) is 4.79 Å². The first-order chi connectivity index (χ1) is 10.6. The van der Waals surface area contributed by atoms with E-state index in [0.717, 1.165) is 19.6 Å². The molecule has 2 amide bonds. The first-order valence-electron chi connectivity index (χ1n) is 7.71. The van der Waals surface area contributed by atoms with Crippen molar-refractivity contribution in [2.75, 3.05) is 38.0 Å². The number of amides is 2. The van der Waals surface area contributed by atoms with Gasteiger partial charge in [-0.25, -0.2) is 0 Å².